The number of rotatable bonds is 4. The minimum absolute atomic E-state index is 0.000211. The van der Waals surface area contributed by atoms with E-state index in [1.807, 2.05) is 4.90 Å². The largest absolute Gasteiger partial charge is 0.481 e. The highest BCUT2D eigenvalue weighted by Gasteiger charge is 2.33. The number of aliphatic carboxylic acids is 1. The Bertz CT molecular complexity index is 358. The van der Waals surface area contributed by atoms with E-state index < -0.39 is 17.8 Å². The Morgan fingerprint density at radius 3 is 2.05 bits per heavy atom. The molecule has 0 aromatic rings. The van der Waals surface area contributed by atoms with Gasteiger partial charge in [0.05, 0.1) is 5.92 Å². The van der Waals surface area contributed by atoms with Gasteiger partial charge in [-0.2, -0.15) is 0 Å². The predicted octanol–water partition coefficient (Wildman–Crippen LogP) is 1.43. The van der Waals surface area contributed by atoms with E-state index in [1.165, 1.54) is 25.9 Å². The molecule has 2 aliphatic rings. The van der Waals surface area contributed by atoms with Gasteiger partial charge in [-0.05, 0) is 38.8 Å². The van der Waals surface area contributed by atoms with Gasteiger partial charge in [0, 0.05) is 25.0 Å². The van der Waals surface area contributed by atoms with Gasteiger partial charge in [-0.25, -0.2) is 0 Å². The van der Waals surface area contributed by atoms with E-state index in [0.29, 0.717) is 6.04 Å². The summed E-state index contributed by atoms with van der Waals surface area (Å²) in [4.78, 5) is 27.7. The molecule has 0 aromatic carbocycles. The molecule has 2 atom stereocenters. The van der Waals surface area contributed by atoms with Crippen molar-refractivity contribution in [2.75, 3.05) is 26.2 Å². The first-order valence-electron chi connectivity index (χ1n) is 7.76. The summed E-state index contributed by atoms with van der Waals surface area (Å²) >= 11 is 0. The molecule has 20 heavy (non-hydrogen) atoms. The Labute approximate surface area is 120 Å². The topological polar surface area (TPSA) is 60.9 Å². The normalized spacial score (nSPS) is 24.6. The van der Waals surface area contributed by atoms with Gasteiger partial charge in [0.2, 0.25) is 5.91 Å². The molecule has 2 heterocycles. The third kappa shape index (κ3) is 3.32. The molecular formula is C15H26N2O3. The zero-order valence-corrected chi connectivity index (χ0v) is 12.5. The van der Waals surface area contributed by atoms with Crippen LogP contribution in [0.2, 0.25) is 0 Å². The number of piperidine rings is 1. The lowest BCUT2D eigenvalue weighted by molar-refractivity contribution is -0.149. The lowest BCUT2D eigenvalue weighted by Gasteiger charge is -2.38. The smallest absolute Gasteiger partial charge is 0.307 e. The number of carboxylic acids is 1. The van der Waals surface area contributed by atoms with E-state index >= 15 is 0 Å². The average Bonchev–Trinajstić information content (AvgIpc) is 2.99. The quantitative estimate of drug-likeness (QED) is 0.847. The zero-order valence-electron chi connectivity index (χ0n) is 12.5. The van der Waals surface area contributed by atoms with Crippen LogP contribution in [0.25, 0.3) is 0 Å². The van der Waals surface area contributed by atoms with Crippen LogP contribution >= 0.6 is 0 Å². The summed E-state index contributed by atoms with van der Waals surface area (Å²) in [6.45, 7) is 7.29. The van der Waals surface area contributed by atoms with Gasteiger partial charge in [0.25, 0.3) is 0 Å². The Balaban J connectivity index is 1.83. The van der Waals surface area contributed by atoms with Crippen molar-refractivity contribution in [3.63, 3.8) is 0 Å². The van der Waals surface area contributed by atoms with Crippen molar-refractivity contribution >= 4 is 11.9 Å². The Kier molecular flexibility index (Phi) is 5.02. The van der Waals surface area contributed by atoms with Crippen LogP contribution < -0.4 is 0 Å². The van der Waals surface area contributed by atoms with Crippen LogP contribution in [0.5, 0.6) is 0 Å². The second-order valence-corrected chi connectivity index (χ2v) is 6.22. The lowest BCUT2D eigenvalue weighted by atomic mass is 9.93. The van der Waals surface area contributed by atoms with E-state index in [9.17, 15) is 9.59 Å². The molecule has 2 aliphatic heterocycles. The maximum Gasteiger partial charge on any atom is 0.307 e. The number of likely N-dealkylation sites (tertiary alicyclic amines) is 2. The maximum absolute atomic E-state index is 12.3. The predicted molar refractivity (Wildman–Crippen MR) is 76.4 cm³/mol. The summed E-state index contributed by atoms with van der Waals surface area (Å²) in [6.07, 6.45) is 4.65. The number of hydrogen-bond acceptors (Lipinski definition) is 3. The third-order valence-corrected chi connectivity index (χ3v) is 4.96. The summed E-state index contributed by atoms with van der Waals surface area (Å²) in [5, 5.41) is 9.01. The lowest BCUT2D eigenvalue weighted by Crippen LogP contribution is -2.48. The van der Waals surface area contributed by atoms with Crippen LogP contribution in [-0.2, 0) is 9.59 Å². The van der Waals surface area contributed by atoms with Crippen molar-refractivity contribution in [3.05, 3.63) is 0 Å². The van der Waals surface area contributed by atoms with E-state index in [4.69, 9.17) is 5.11 Å². The monoisotopic (exact) mass is 282 g/mol. The molecule has 5 heteroatoms. The fourth-order valence-electron chi connectivity index (χ4n) is 3.27. The highest BCUT2D eigenvalue weighted by molar-refractivity contribution is 5.84. The van der Waals surface area contributed by atoms with Crippen LogP contribution in [0.3, 0.4) is 0 Å². The Morgan fingerprint density at radius 2 is 1.55 bits per heavy atom. The van der Waals surface area contributed by atoms with Crippen molar-refractivity contribution in [2.24, 2.45) is 11.8 Å². The van der Waals surface area contributed by atoms with Gasteiger partial charge in [-0.1, -0.05) is 13.8 Å². The van der Waals surface area contributed by atoms with Gasteiger partial charge in [0.15, 0.2) is 0 Å². The summed E-state index contributed by atoms with van der Waals surface area (Å²) in [7, 11) is 0. The summed E-state index contributed by atoms with van der Waals surface area (Å²) in [5.74, 6) is -1.94. The highest BCUT2D eigenvalue weighted by atomic mass is 16.4. The van der Waals surface area contributed by atoms with Gasteiger partial charge < -0.3 is 14.9 Å². The number of carbonyl (C=O) groups is 2. The first-order valence-corrected chi connectivity index (χ1v) is 7.76. The first-order chi connectivity index (χ1) is 9.50. The minimum Gasteiger partial charge on any atom is -0.481 e. The molecule has 1 amide bonds. The van der Waals surface area contributed by atoms with Crippen molar-refractivity contribution in [3.8, 4) is 0 Å². The number of amides is 1. The van der Waals surface area contributed by atoms with Gasteiger partial charge in [0.1, 0.15) is 0 Å². The Morgan fingerprint density at radius 1 is 1.00 bits per heavy atom. The van der Waals surface area contributed by atoms with Gasteiger partial charge in [-0.15, -0.1) is 0 Å². The molecule has 0 radical (unpaired) electrons. The van der Waals surface area contributed by atoms with Crippen LogP contribution in [0.15, 0.2) is 0 Å². The standard InChI is InChI=1S/C15H26N2O3/c1-11(12(2)15(19)20)14(18)17-9-5-13(6-10-17)16-7-3-4-8-16/h11-13H,3-10H2,1-2H3,(H,19,20). The van der Waals surface area contributed by atoms with E-state index in [-0.39, 0.29) is 5.91 Å². The molecule has 0 aliphatic carbocycles. The number of nitrogens with zero attached hydrogens (tertiary/aromatic N) is 2. The molecule has 5 nitrogen and oxygen atoms in total. The van der Waals surface area contributed by atoms with Crippen LogP contribution in [0.1, 0.15) is 39.5 Å². The van der Waals surface area contributed by atoms with Crippen molar-refractivity contribution in [1.29, 1.82) is 0 Å². The molecule has 2 fully saturated rings. The molecule has 0 saturated carbocycles. The average molecular weight is 282 g/mol. The van der Waals surface area contributed by atoms with Crippen LogP contribution in [0, 0.1) is 11.8 Å². The molecule has 2 saturated heterocycles. The zero-order chi connectivity index (χ0) is 14.7. The highest BCUT2D eigenvalue weighted by Crippen LogP contribution is 2.23. The number of hydrogen-bond donors (Lipinski definition) is 1. The number of carboxylic acid groups (broad SMARTS) is 1. The maximum atomic E-state index is 12.3. The van der Waals surface area contributed by atoms with Crippen LogP contribution in [-0.4, -0.2) is 59.0 Å². The molecule has 2 unspecified atom stereocenters. The van der Waals surface area contributed by atoms with Gasteiger partial charge >= 0.3 is 5.97 Å². The minimum atomic E-state index is -0.891. The fraction of sp³-hybridized carbons (Fsp3) is 0.867. The fourth-order valence-corrected chi connectivity index (χ4v) is 3.27. The first kappa shape index (κ1) is 15.3. The molecule has 1 N–H and O–H groups in total. The summed E-state index contributed by atoms with van der Waals surface area (Å²) in [5.41, 5.74) is 0. The molecule has 0 spiro atoms. The van der Waals surface area contributed by atoms with E-state index in [1.54, 1.807) is 13.8 Å². The summed E-state index contributed by atoms with van der Waals surface area (Å²) < 4.78 is 0. The molecule has 2 rings (SSSR count). The van der Waals surface area contributed by atoms with Crippen molar-refractivity contribution in [2.45, 2.75) is 45.6 Å². The van der Waals surface area contributed by atoms with Crippen LogP contribution in [0.4, 0.5) is 0 Å². The third-order valence-electron chi connectivity index (χ3n) is 4.96. The second kappa shape index (κ2) is 6.57. The molecule has 0 aromatic heterocycles. The molecular weight excluding hydrogens is 256 g/mol. The van der Waals surface area contributed by atoms with E-state index in [2.05, 4.69) is 4.90 Å². The van der Waals surface area contributed by atoms with E-state index in [0.717, 1.165) is 25.9 Å². The Hall–Kier alpha value is -1.10. The van der Waals surface area contributed by atoms with Gasteiger partial charge in [-0.3, -0.25) is 9.59 Å². The second-order valence-electron chi connectivity index (χ2n) is 6.22. The molecule has 0 bridgehead atoms. The summed E-state index contributed by atoms with van der Waals surface area (Å²) in [6, 6.07) is 0.619. The molecule has 114 valence electrons. The van der Waals surface area contributed by atoms with Crippen molar-refractivity contribution in [1.82, 2.24) is 9.80 Å². The van der Waals surface area contributed by atoms with Crippen molar-refractivity contribution < 1.29 is 14.7 Å². The number of carbonyl (C=O) groups excluding carboxylic acids is 1. The SMILES string of the molecule is CC(C(=O)O)C(C)C(=O)N1CCC(N2CCCC2)CC1.